The number of nitrogens with two attached hydrogens (primary N) is 1. The van der Waals surface area contributed by atoms with E-state index in [1.165, 1.54) is 13.0 Å². The number of phosphoric acid groups is 1. The molecule has 1 aromatic heterocycles. The lowest BCUT2D eigenvalue weighted by Crippen LogP contribution is -2.61. The molecule has 10 N–H and O–H groups in total. The first-order chi connectivity index (χ1) is 17.6. The summed E-state index contributed by atoms with van der Waals surface area (Å²) in [6.07, 6.45) is -13.2. The summed E-state index contributed by atoms with van der Waals surface area (Å²) in [5, 5.41) is 69.7. The average Bonchev–Trinajstić information content (AvgIpc) is 3.12. The van der Waals surface area contributed by atoms with Crippen LogP contribution in [-0.2, 0) is 27.9 Å². The van der Waals surface area contributed by atoms with Gasteiger partial charge in [-0.2, -0.15) is 4.98 Å². The molecule has 9 unspecified atom stereocenters. The van der Waals surface area contributed by atoms with E-state index in [1.54, 1.807) is 0 Å². The van der Waals surface area contributed by atoms with E-state index in [0.717, 1.165) is 10.8 Å². The molecular formula is C19H30N3O15P. The van der Waals surface area contributed by atoms with E-state index < -0.39 is 99.8 Å². The Morgan fingerprint density at radius 2 is 2.00 bits per heavy atom. The molecule has 2 aliphatic rings. The first-order valence-corrected chi connectivity index (χ1v) is 12.7. The number of nitrogens with zero attached hydrogens (tertiary/aromatic N) is 2. The normalized spacial score (nSPS) is 36.9. The van der Waals surface area contributed by atoms with Gasteiger partial charge in [-0.3, -0.25) is 9.09 Å². The molecule has 3 heterocycles. The Labute approximate surface area is 214 Å². The number of aliphatic hydroxyl groups is 6. The Morgan fingerprint density at radius 1 is 1.34 bits per heavy atom. The third-order valence-electron chi connectivity index (χ3n) is 6.30. The van der Waals surface area contributed by atoms with E-state index >= 15 is 0 Å². The van der Waals surface area contributed by atoms with Crippen LogP contribution in [0.5, 0.6) is 0 Å². The lowest BCUT2D eigenvalue weighted by atomic mass is 9.85. The maximum absolute atomic E-state index is 12.7. The zero-order valence-electron chi connectivity index (χ0n) is 19.8. The van der Waals surface area contributed by atoms with Crippen molar-refractivity contribution in [3.63, 3.8) is 0 Å². The minimum absolute atomic E-state index is 0.116. The molecule has 0 spiro atoms. The zero-order valence-corrected chi connectivity index (χ0v) is 20.7. The molecule has 18 nitrogen and oxygen atoms in total. The topological polar surface area (TPSA) is 294 Å². The maximum atomic E-state index is 12.7. The number of carboxylic acids is 1. The minimum atomic E-state index is -5.40. The van der Waals surface area contributed by atoms with Crippen LogP contribution in [0.4, 0.5) is 5.82 Å². The molecule has 38 heavy (non-hydrogen) atoms. The van der Waals surface area contributed by atoms with Gasteiger partial charge in [0.15, 0.2) is 6.23 Å². The molecule has 1 aromatic rings. The second kappa shape index (κ2) is 11.6. The first-order valence-electron chi connectivity index (χ1n) is 11.2. The van der Waals surface area contributed by atoms with Crippen molar-refractivity contribution in [2.45, 2.75) is 68.1 Å². The van der Waals surface area contributed by atoms with Crippen LogP contribution in [0.15, 0.2) is 17.1 Å². The molecule has 2 saturated heterocycles. The summed E-state index contributed by atoms with van der Waals surface area (Å²) in [5.41, 5.74) is 4.48. The van der Waals surface area contributed by atoms with Gasteiger partial charge in [-0.25, -0.2) is 18.7 Å². The van der Waals surface area contributed by atoms with Crippen LogP contribution in [0.1, 0.15) is 19.6 Å². The van der Waals surface area contributed by atoms with E-state index in [4.69, 9.17) is 29.4 Å². The number of aromatic nitrogens is 2. The quantitative estimate of drug-likeness (QED) is 0.120. The smallest absolute Gasteiger partial charge is 0.475 e. The van der Waals surface area contributed by atoms with Gasteiger partial charge in [-0.15, -0.1) is 0 Å². The summed E-state index contributed by atoms with van der Waals surface area (Å²) in [5.74, 6) is -6.15. The van der Waals surface area contributed by atoms with Crippen LogP contribution < -0.4 is 11.4 Å². The summed E-state index contributed by atoms with van der Waals surface area (Å²) >= 11 is 0. The number of hydrogen-bond donors (Lipinski definition) is 9. The molecule has 216 valence electrons. The van der Waals surface area contributed by atoms with E-state index in [-0.39, 0.29) is 5.82 Å². The molecule has 2 fully saturated rings. The van der Waals surface area contributed by atoms with Crippen molar-refractivity contribution in [1.29, 1.82) is 0 Å². The highest BCUT2D eigenvalue weighted by Gasteiger charge is 2.57. The number of aliphatic hydroxyl groups excluding tert-OH is 6. The van der Waals surface area contributed by atoms with Crippen molar-refractivity contribution in [1.82, 2.24) is 9.55 Å². The highest BCUT2D eigenvalue weighted by Crippen LogP contribution is 2.52. The molecule has 0 amide bonds. The number of aliphatic carboxylic acids is 1. The summed E-state index contributed by atoms with van der Waals surface area (Å²) in [4.78, 5) is 37.8. The summed E-state index contributed by atoms with van der Waals surface area (Å²) in [7, 11) is -5.40. The number of phosphoric ester groups is 1. The molecule has 0 bridgehead atoms. The van der Waals surface area contributed by atoms with Gasteiger partial charge in [0, 0.05) is 18.5 Å². The average molecular weight is 571 g/mol. The number of carboxylic acid groups (broad SMARTS) is 1. The number of rotatable bonds is 10. The lowest BCUT2D eigenvalue weighted by molar-refractivity contribution is -0.296. The Morgan fingerprint density at radius 3 is 2.58 bits per heavy atom. The molecule has 0 aliphatic carbocycles. The molecule has 2 aliphatic heterocycles. The first kappa shape index (κ1) is 30.5. The summed E-state index contributed by atoms with van der Waals surface area (Å²) in [6.45, 7) is -0.559. The van der Waals surface area contributed by atoms with Gasteiger partial charge < -0.3 is 55.8 Å². The van der Waals surface area contributed by atoms with Crippen molar-refractivity contribution in [2.24, 2.45) is 5.92 Å². The lowest BCUT2D eigenvalue weighted by Gasteiger charge is -2.45. The van der Waals surface area contributed by atoms with Crippen molar-refractivity contribution in [3.8, 4) is 0 Å². The van der Waals surface area contributed by atoms with Crippen LogP contribution in [0, 0.1) is 5.92 Å². The van der Waals surface area contributed by atoms with Crippen molar-refractivity contribution < 1.29 is 68.5 Å². The highest BCUT2D eigenvalue weighted by atomic mass is 31.2. The van der Waals surface area contributed by atoms with Crippen LogP contribution in [0.2, 0.25) is 0 Å². The zero-order chi connectivity index (χ0) is 28.6. The molecule has 11 atom stereocenters. The summed E-state index contributed by atoms with van der Waals surface area (Å²) < 4.78 is 33.7. The van der Waals surface area contributed by atoms with Crippen LogP contribution in [-0.4, -0.2) is 118 Å². The van der Waals surface area contributed by atoms with Gasteiger partial charge in [-0.05, 0) is 6.07 Å². The fourth-order valence-corrected chi connectivity index (χ4v) is 5.05. The van der Waals surface area contributed by atoms with E-state index in [1.807, 2.05) is 0 Å². The molecule has 0 saturated carbocycles. The van der Waals surface area contributed by atoms with Gasteiger partial charge in [0.2, 0.25) is 0 Å². The Kier molecular flexibility index (Phi) is 9.29. The fraction of sp³-hybridized carbons (Fsp3) is 0.737. The van der Waals surface area contributed by atoms with Gasteiger partial charge in [0.25, 0.3) is 5.79 Å². The van der Waals surface area contributed by atoms with Crippen molar-refractivity contribution >= 4 is 19.6 Å². The van der Waals surface area contributed by atoms with Gasteiger partial charge in [0.1, 0.15) is 36.3 Å². The third kappa shape index (κ3) is 6.22. The largest absolute Gasteiger partial charge is 0.477 e. The molecule has 0 aromatic carbocycles. The third-order valence-corrected chi connectivity index (χ3v) is 7.30. The number of carbonyl (C=O) groups is 1. The molecule has 0 radical (unpaired) electrons. The van der Waals surface area contributed by atoms with E-state index in [2.05, 4.69) is 4.98 Å². The Bertz CT molecular complexity index is 1110. The second-order valence-electron chi connectivity index (χ2n) is 8.96. The number of anilines is 1. The SMILES string of the molecule is CC1C(O)CC(OP(=O)(O)OCC2OC(n3ccc(N)nc3=O)C(O)C2O)(C(=O)O)OC1[C@H](O)[C@H](O)CO. The van der Waals surface area contributed by atoms with E-state index in [9.17, 15) is 49.7 Å². The Hall–Kier alpha value is -2.06. The van der Waals surface area contributed by atoms with Gasteiger partial charge in [0.05, 0.1) is 25.4 Å². The Balaban J connectivity index is 1.74. The van der Waals surface area contributed by atoms with E-state index in [0.29, 0.717) is 0 Å². The molecule has 19 heteroatoms. The monoisotopic (exact) mass is 571 g/mol. The van der Waals surface area contributed by atoms with Gasteiger partial charge in [-0.1, -0.05) is 6.92 Å². The summed E-state index contributed by atoms with van der Waals surface area (Å²) in [6, 6.07) is 1.22. The minimum Gasteiger partial charge on any atom is -0.477 e. The van der Waals surface area contributed by atoms with Crippen LogP contribution >= 0.6 is 7.82 Å². The molecular weight excluding hydrogens is 541 g/mol. The number of ether oxygens (including phenoxy) is 2. The number of hydrogen-bond acceptors (Lipinski definition) is 15. The standard InChI is InChI=1S/C19H30N3O15P/c1-7-8(24)4-19(17(29)30,36-15(7)12(26)9(25)5-23)37-38(32,33)34-6-10-13(27)14(28)16(35-10)22-3-2-11(20)21-18(22)31/h2-3,7-10,12-16,23-28H,4-6H2,1H3,(H,29,30)(H,32,33)(H2,20,21,31)/t7?,8?,9-,10?,12-,13?,14?,15?,16?,19?/m1/s1. The predicted molar refractivity (Wildman–Crippen MR) is 120 cm³/mol. The fourth-order valence-electron chi connectivity index (χ4n) is 4.10. The van der Waals surface area contributed by atoms with Gasteiger partial charge >= 0.3 is 19.5 Å². The van der Waals surface area contributed by atoms with Crippen LogP contribution in [0.3, 0.4) is 0 Å². The highest BCUT2D eigenvalue weighted by molar-refractivity contribution is 7.47. The maximum Gasteiger partial charge on any atom is 0.475 e. The molecule has 3 rings (SSSR count). The second-order valence-corrected chi connectivity index (χ2v) is 10.3. The predicted octanol–water partition coefficient (Wildman–Crippen LogP) is -4.14. The van der Waals surface area contributed by atoms with Crippen molar-refractivity contribution in [2.75, 3.05) is 18.9 Å². The number of nitrogen functional groups attached to an aromatic ring is 1. The van der Waals surface area contributed by atoms with Crippen LogP contribution in [0.25, 0.3) is 0 Å². The van der Waals surface area contributed by atoms with Crippen molar-refractivity contribution in [3.05, 3.63) is 22.7 Å².